The minimum atomic E-state index is -2.30. The van der Waals surface area contributed by atoms with Gasteiger partial charge in [0.25, 0.3) is 0 Å². The van der Waals surface area contributed by atoms with Crippen molar-refractivity contribution in [3.63, 3.8) is 0 Å². The molecule has 0 aromatic carbocycles. The average molecular weight is 394 g/mol. The van der Waals surface area contributed by atoms with Crippen LogP contribution in [0.1, 0.15) is 39.5 Å². The van der Waals surface area contributed by atoms with Gasteiger partial charge in [-0.3, -0.25) is 4.79 Å². The van der Waals surface area contributed by atoms with Gasteiger partial charge in [-0.05, 0) is 42.6 Å². The summed E-state index contributed by atoms with van der Waals surface area (Å²) in [5, 5.41) is 45.9. The lowest BCUT2D eigenvalue weighted by atomic mass is 9.35. The Kier molecular flexibility index (Phi) is 3.59. The van der Waals surface area contributed by atoms with Gasteiger partial charge in [-0.1, -0.05) is 20.4 Å². The smallest absolute Gasteiger partial charge is 0.211 e. The zero-order chi connectivity index (χ0) is 20.4. The standard InChI is InChI=1S/C21H30O7/c1-9-10-5-6-11-19-12(22)7-8-18(2,3)13(19)16(25)21(26,28-17(19)27-4)20(11,14(9)23)15(10)24/h10-13,15-17,22,24-26H,1,5-8H2,2-4H3/t10-,11-,12-,13+,15+,16-,17-,19+,20-,21-/m0/s1. The maximum absolute atomic E-state index is 13.5. The number of carbonyl (C=O) groups is 1. The molecule has 0 aromatic heterocycles. The van der Waals surface area contributed by atoms with Gasteiger partial charge >= 0.3 is 0 Å². The molecule has 2 spiro atoms. The molecule has 2 aliphatic heterocycles. The summed E-state index contributed by atoms with van der Waals surface area (Å²) in [4.78, 5) is 13.5. The summed E-state index contributed by atoms with van der Waals surface area (Å²) in [6.45, 7) is 7.91. The van der Waals surface area contributed by atoms with Crippen LogP contribution in [0.5, 0.6) is 0 Å². The third-order valence-corrected chi connectivity index (χ3v) is 9.12. The fraction of sp³-hybridized carbons (Fsp3) is 0.857. The van der Waals surface area contributed by atoms with E-state index in [4.69, 9.17) is 9.47 Å². The first-order chi connectivity index (χ1) is 13.0. The van der Waals surface area contributed by atoms with Gasteiger partial charge in [0.2, 0.25) is 5.79 Å². The molecule has 4 bridgehead atoms. The van der Waals surface area contributed by atoms with Gasteiger partial charge in [-0.2, -0.15) is 0 Å². The van der Waals surface area contributed by atoms with E-state index in [1.165, 1.54) is 7.11 Å². The number of aliphatic hydroxyl groups excluding tert-OH is 3. The van der Waals surface area contributed by atoms with Gasteiger partial charge in [0, 0.05) is 18.9 Å². The average Bonchev–Trinajstić information content (AvgIpc) is 2.75. The number of Topliss-reactive ketones (excluding diaryl/α,β-unsaturated/α-hetero) is 1. The molecule has 7 heteroatoms. The zero-order valence-corrected chi connectivity index (χ0v) is 16.6. The molecule has 156 valence electrons. The van der Waals surface area contributed by atoms with Gasteiger partial charge in [0.1, 0.15) is 11.5 Å². The minimum Gasteiger partial charge on any atom is -0.392 e. The zero-order valence-electron chi connectivity index (χ0n) is 16.6. The van der Waals surface area contributed by atoms with Crippen LogP contribution in [0.3, 0.4) is 0 Å². The fourth-order valence-electron chi connectivity index (χ4n) is 8.19. The lowest BCUT2D eigenvalue weighted by Gasteiger charge is -2.76. The quantitative estimate of drug-likeness (QED) is 0.474. The molecule has 0 aromatic rings. The summed E-state index contributed by atoms with van der Waals surface area (Å²) in [6, 6.07) is 0. The van der Waals surface area contributed by atoms with Gasteiger partial charge in [-0.25, -0.2) is 0 Å². The van der Waals surface area contributed by atoms with Crippen molar-refractivity contribution in [3.8, 4) is 0 Å². The highest BCUT2D eigenvalue weighted by Crippen LogP contribution is 2.77. The van der Waals surface area contributed by atoms with Gasteiger partial charge < -0.3 is 29.9 Å². The monoisotopic (exact) mass is 394 g/mol. The first-order valence-corrected chi connectivity index (χ1v) is 10.2. The first kappa shape index (κ1) is 19.2. The minimum absolute atomic E-state index is 0.276. The van der Waals surface area contributed by atoms with E-state index in [9.17, 15) is 25.2 Å². The maximum Gasteiger partial charge on any atom is 0.211 e. The molecule has 2 saturated heterocycles. The van der Waals surface area contributed by atoms with E-state index in [2.05, 4.69) is 6.58 Å². The van der Waals surface area contributed by atoms with E-state index in [0.29, 0.717) is 25.7 Å². The van der Waals surface area contributed by atoms with E-state index in [1.54, 1.807) is 0 Å². The SMILES string of the molecule is C=C1C(=O)[C@]23[C@H](O)[C@H]1CC[C@H]2[C@]12[C@@H](OC)O[C@@]3(O)[C@@H](O)[C@@H]1C(C)(C)CC[C@@H]2O. The Morgan fingerprint density at radius 2 is 1.82 bits per heavy atom. The lowest BCUT2D eigenvalue weighted by Crippen LogP contribution is -2.87. The van der Waals surface area contributed by atoms with Crippen LogP contribution in [0.15, 0.2) is 12.2 Å². The van der Waals surface area contributed by atoms with Crippen LogP contribution in [-0.2, 0) is 14.3 Å². The van der Waals surface area contributed by atoms with E-state index < -0.39 is 70.2 Å². The number of ketones is 1. The van der Waals surface area contributed by atoms with Gasteiger partial charge in [-0.15, -0.1) is 0 Å². The van der Waals surface area contributed by atoms with Crippen LogP contribution in [0, 0.1) is 34.0 Å². The normalized spacial score (nSPS) is 59.2. The third kappa shape index (κ3) is 1.59. The number of rotatable bonds is 1. The molecular formula is C21H30O7. The second kappa shape index (κ2) is 5.25. The molecule has 4 aliphatic carbocycles. The summed E-state index contributed by atoms with van der Waals surface area (Å²) in [5.74, 6) is -4.34. The highest BCUT2D eigenvalue weighted by molar-refractivity contribution is 6.05. The molecular weight excluding hydrogens is 364 g/mol. The number of fused-ring (bicyclic) bond motifs is 2. The molecule has 4 saturated carbocycles. The first-order valence-electron chi connectivity index (χ1n) is 10.2. The van der Waals surface area contributed by atoms with Crippen molar-refractivity contribution in [2.24, 2.45) is 34.0 Å². The summed E-state index contributed by atoms with van der Waals surface area (Å²) < 4.78 is 11.6. The molecule has 6 aliphatic rings. The summed E-state index contributed by atoms with van der Waals surface area (Å²) in [5.41, 5.74) is -2.98. The maximum atomic E-state index is 13.5. The Balaban J connectivity index is 1.85. The van der Waals surface area contributed by atoms with Crippen molar-refractivity contribution < 1.29 is 34.7 Å². The van der Waals surface area contributed by atoms with Crippen LogP contribution in [-0.4, -0.2) is 63.7 Å². The molecule has 0 amide bonds. The molecule has 6 fully saturated rings. The molecule has 0 unspecified atom stereocenters. The van der Waals surface area contributed by atoms with Crippen molar-refractivity contribution in [1.29, 1.82) is 0 Å². The van der Waals surface area contributed by atoms with Crippen molar-refractivity contribution in [2.45, 2.75) is 69.9 Å². The Morgan fingerprint density at radius 1 is 1.14 bits per heavy atom. The van der Waals surface area contributed by atoms with Gasteiger partial charge in [0.05, 0.1) is 17.6 Å². The summed E-state index contributed by atoms with van der Waals surface area (Å²) >= 11 is 0. The lowest BCUT2D eigenvalue weighted by molar-refractivity contribution is -0.509. The third-order valence-electron chi connectivity index (χ3n) is 9.12. The van der Waals surface area contributed by atoms with E-state index in [1.807, 2.05) is 13.8 Å². The molecule has 2 heterocycles. The van der Waals surface area contributed by atoms with Crippen LogP contribution >= 0.6 is 0 Å². The predicted octanol–water partition coefficient (Wildman–Crippen LogP) is 0.348. The molecule has 7 nitrogen and oxygen atoms in total. The second-order valence-corrected chi connectivity index (χ2v) is 10.3. The Labute approximate surface area is 164 Å². The van der Waals surface area contributed by atoms with Crippen molar-refractivity contribution in [3.05, 3.63) is 12.2 Å². The number of aliphatic hydroxyl groups is 4. The largest absolute Gasteiger partial charge is 0.392 e. The Morgan fingerprint density at radius 3 is 2.46 bits per heavy atom. The van der Waals surface area contributed by atoms with E-state index in [-0.39, 0.29) is 5.57 Å². The molecule has 0 radical (unpaired) electrons. The summed E-state index contributed by atoms with van der Waals surface area (Å²) in [6.07, 6.45) is -2.32. The number of ether oxygens (including phenoxy) is 2. The number of methoxy groups -OCH3 is 1. The highest BCUT2D eigenvalue weighted by atomic mass is 16.8. The topological polar surface area (TPSA) is 116 Å². The van der Waals surface area contributed by atoms with Crippen molar-refractivity contribution in [2.75, 3.05) is 7.11 Å². The summed E-state index contributed by atoms with van der Waals surface area (Å²) in [7, 11) is 1.45. The number of hydrogen-bond acceptors (Lipinski definition) is 7. The van der Waals surface area contributed by atoms with E-state index >= 15 is 0 Å². The number of carbonyl (C=O) groups excluding carboxylic acids is 1. The Bertz CT molecular complexity index is 764. The van der Waals surface area contributed by atoms with Crippen LogP contribution in [0.4, 0.5) is 0 Å². The van der Waals surface area contributed by atoms with Crippen molar-refractivity contribution in [1.82, 2.24) is 0 Å². The molecule has 6 rings (SSSR count). The number of hydrogen-bond donors (Lipinski definition) is 4. The second-order valence-electron chi connectivity index (χ2n) is 10.3. The fourth-order valence-corrected chi connectivity index (χ4v) is 8.19. The van der Waals surface area contributed by atoms with Crippen molar-refractivity contribution >= 4 is 5.78 Å². The van der Waals surface area contributed by atoms with Crippen LogP contribution in [0.2, 0.25) is 0 Å². The van der Waals surface area contributed by atoms with Crippen LogP contribution in [0.25, 0.3) is 0 Å². The van der Waals surface area contributed by atoms with Gasteiger partial charge in [0.15, 0.2) is 12.1 Å². The highest BCUT2D eigenvalue weighted by Gasteiger charge is 2.89. The molecule has 4 N–H and O–H groups in total. The molecule has 28 heavy (non-hydrogen) atoms. The molecule has 10 atom stereocenters. The Hall–Kier alpha value is -0.830. The van der Waals surface area contributed by atoms with Crippen LogP contribution < -0.4 is 0 Å². The van der Waals surface area contributed by atoms with E-state index in [0.717, 1.165) is 0 Å². The predicted molar refractivity (Wildman–Crippen MR) is 96.6 cm³/mol.